The Morgan fingerprint density at radius 2 is 1.78 bits per heavy atom. The molecule has 1 aliphatic heterocycles. The van der Waals surface area contributed by atoms with Gasteiger partial charge in [-0.15, -0.1) is 0 Å². The van der Waals surface area contributed by atoms with Crippen molar-refractivity contribution in [2.75, 3.05) is 0 Å². The summed E-state index contributed by atoms with van der Waals surface area (Å²) in [6.07, 6.45) is 0.670. The number of hydrogen-bond donors (Lipinski definition) is 0. The van der Waals surface area contributed by atoms with E-state index in [0.717, 1.165) is 0 Å². The highest BCUT2D eigenvalue weighted by Crippen LogP contribution is 2.36. The standard InChI is InChI=1S/C12H15BClNO3/c1-11(2)12(3,4)18-13(17-11)9-6-5-8(7-16)10(14)15-9/h5-7H,1-4H3. The van der Waals surface area contributed by atoms with Gasteiger partial charge in [-0.1, -0.05) is 11.6 Å². The van der Waals surface area contributed by atoms with Crippen LogP contribution in [0.5, 0.6) is 0 Å². The molecule has 0 radical (unpaired) electrons. The average Bonchev–Trinajstić information content (AvgIpc) is 2.48. The molecule has 0 N–H and O–H groups in total. The fourth-order valence-electron chi connectivity index (χ4n) is 1.64. The third-order valence-corrected chi connectivity index (χ3v) is 3.82. The number of aldehydes is 1. The van der Waals surface area contributed by atoms with Crippen molar-refractivity contribution >= 4 is 30.6 Å². The van der Waals surface area contributed by atoms with E-state index >= 15 is 0 Å². The predicted octanol–water partition coefficient (Wildman–Crippen LogP) is 1.85. The van der Waals surface area contributed by atoms with Crippen LogP contribution in [0.1, 0.15) is 38.1 Å². The maximum atomic E-state index is 10.7. The zero-order valence-electron chi connectivity index (χ0n) is 10.9. The van der Waals surface area contributed by atoms with Crippen molar-refractivity contribution in [3.05, 3.63) is 22.8 Å². The lowest BCUT2D eigenvalue weighted by atomic mass is 9.84. The van der Waals surface area contributed by atoms with E-state index in [1.807, 2.05) is 27.7 Å². The molecule has 0 amide bonds. The van der Waals surface area contributed by atoms with Crippen molar-refractivity contribution in [3.8, 4) is 0 Å². The van der Waals surface area contributed by atoms with Gasteiger partial charge in [-0.3, -0.25) is 4.79 Å². The first-order chi connectivity index (χ1) is 8.27. The quantitative estimate of drug-likeness (QED) is 0.466. The first-order valence-corrected chi connectivity index (χ1v) is 6.12. The number of carbonyl (C=O) groups excluding carboxylic acids is 1. The molecule has 1 saturated heterocycles. The summed E-state index contributed by atoms with van der Waals surface area (Å²) in [6, 6.07) is 3.31. The number of aromatic nitrogens is 1. The molecule has 96 valence electrons. The van der Waals surface area contributed by atoms with Crippen LogP contribution in [0.15, 0.2) is 12.1 Å². The summed E-state index contributed by atoms with van der Waals surface area (Å²) in [5, 5.41) is 0.164. The molecule has 2 rings (SSSR count). The average molecular weight is 268 g/mol. The Hall–Kier alpha value is -0.905. The fraction of sp³-hybridized carbons (Fsp3) is 0.500. The minimum absolute atomic E-state index is 0.164. The van der Waals surface area contributed by atoms with Gasteiger partial charge in [-0.2, -0.15) is 0 Å². The lowest BCUT2D eigenvalue weighted by molar-refractivity contribution is 0.00578. The van der Waals surface area contributed by atoms with E-state index in [1.54, 1.807) is 12.1 Å². The first-order valence-electron chi connectivity index (χ1n) is 5.74. The van der Waals surface area contributed by atoms with Crippen LogP contribution in [0.4, 0.5) is 0 Å². The Morgan fingerprint density at radius 3 is 2.22 bits per heavy atom. The number of rotatable bonds is 2. The van der Waals surface area contributed by atoms with Crippen LogP contribution in [0, 0.1) is 0 Å². The third-order valence-electron chi connectivity index (χ3n) is 3.52. The van der Waals surface area contributed by atoms with E-state index in [2.05, 4.69) is 4.98 Å². The summed E-state index contributed by atoms with van der Waals surface area (Å²) in [4.78, 5) is 14.8. The van der Waals surface area contributed by atoms with Gasteiger partial charge in [0.15, 0.2) is 6.29 Å². The predicted molar refractivity (Wildman–Crippen MR) is 70.4 cm³/mol. The van der Waals surface area contributed by atoms with Gasteiger partial charge in [0.2, 0.25) is 0 Å². The molecule has 0 saturated carbocycles. The van der Waals surface area contributed by atoms with E-state index in [1.165, 1.54) is 0 Å². The van der Waals surface area contributed by atoms with Gasteiger partial charge >= 0.3 is 7.12 Å². The lowest BCUT2D eigenvalue weighted by Crippen LogP contribution is -2.41. The first kappa shape index (κ1) is 13.5. The molecule has 0 aromatic carbocycles. The number of nitrogens with zero attached hydrogens (tertiary/aromatic N) is 1. The molecule has 0 unspecified atom stereocenters. The summed E-state index contributed by atoms with van der Waals surface area (Å²) in [5.41, 5.74) is 0.0887. The Balaban J connectivity index is 2.30. The normalized spacial score (nSPS) is 21.1. The van der Waals surface area contributed by atoms with Crippen LogP contribution >= 0.6 is 11.6 Å². The smallest absolute Gasteiger partial charge is 0.398 e. The monoisotopic (exact) mass is 267 g/mol. The molecular weight excluding hydrogens is 252 g/mol. The topological polar surface area (TPSA) is 48.4 Å². The fourth-order valence-corrected chi connectivity index (χ4v) is 1.85. The highest BCUT2D eigenvalue weighted by atomic mass is 35.5. The Bertz CT molecular complexity index is 474. The van der Waals surface area contributed by atoms with Crippen LogP contribution in [0.25, 0.3) is 0 Å². The molecule has 1 aliphatic rings. The number of halogens is 1. The zero-order chi connectivity index (χ0) is 13.6. The maximum absolute atomic E-state index is 10.7. The van der Waals surface area contributed by atoms with Crippen LogP contribution in [0.3, 0.4) is 0 Å². The maximum Gasteiger partial charge on any atom is 0.514 e. The van der Waals surface area contributed by atoms with Gasteiger partial charge in [0.05, 0.1) is 22.4 Å². The second-order valence-electron chi connectivity index (χ2n) is 5.32. The number of hydrogen-bond acceptors (Lipinski definition) is 4. The second kappa shape index (κ2) is 4.33. The highest BCUT2D eigenvalue weighted by Gasteiger charge is 2.52. The summed E-state index contributed by atoms with van der Waals surface area (Å²) in [7, 11) is -0.562. The van der Waals surface area contributed by atoms with Crippen LogP contribution < -0.4 is 5.59 Å². The zero-order valence-corrected chi connectivity index (χ0v) is 11.6. The van der Waals surface area contributed by atoms with E-state index in [4.69, 9.17) is 20.9 Å². The van der Waals surface area contributed by atoms with E-state index in [0.29, 0.717) is 17.4 Å². The van der Waals surface area contributed by atoms with E-state index in [9.17, 15) is 4.79 Å². The Labute approximate surface area is 112 Å². The largest absolute Gasteiger partial charge is 0.514 e. The summed E-state index contributed by atoms with van der Waals surface area (Å²) >= 11 is 5.90. The van der Waals surface area contributed by atoms with Crippen molar-refractivity contribution in [1.82, 2.24) is 4.98 Å². The van der Waals surface area contributed by atoms with Gasteiger partial charge < -0.3 is 9.31 Å². The van der Waals surface area contributed by atoms with E-state index in [-0.39, 0.29) is 5.15 Å². The van der Waals surface area contributed by atoms with Gasteiger partial charge in [0.1, 0.15) is 5.15 Å². The SMILES string of the molecule is CC1(C)OB(c2ccc(C=O)c(Cl)n2)OC1(C)C. The Morgan fingerprint density at radius 1 is 1.22 bits per heavy atom. The van der Waals surface area contributed by atoms with Crippen LogP contribution in [-0.4, -0.2) is 29.6 Å². The van der Waals surface area contributed by atoms with Gasteiger partial charge in [-0.25, -0.2) is 4.98 Å². The molecule has 6 heteroatoms. The van der Waals surface area contributed by atoms with Crippen molar-refractivity contribution in [2.24, 2.45) is 0 Å². The molecule has 0 spiro atoms. The van der Waals surface area contributed by atoms with Crippen molar-refractivity contribution in [2.45, 2.75) is 38.9 Å². The summed E-state index contributed by atoms with van der Waals surface area (Å²) < 4.78 is 11.7. The molecule has 0 atom stereocenters. The number of carbonyl (C=O) groups is 1. The Kier molecular flexibility index (Phi) is 3.26. The second-order valence-corrected chi connectivity index (χ2v) is 5.68. The van der Waals surface area contributed by atoms with Crippen LogP contribution in [-0.2, 0) is 9.31 Å². The summed E-state index contributed by atoms with van der Waals surface area (Å²) in [6.45, 7) is 7.87. The lowest BCUT2D eigenvalue weighted by Gasteiger charge is -2.32. The highest BCUT2D eigenvalue weighted by molar-refractivity contribution is 6.61. The molecule has 18 heavy (non-hydrogen) atoms. The molecular formula is C12H15BClNO3. The third kappa shape index (κ3) is 2.18. The molecule has 1 aromatic rings. The molecule has 0 aliphatic carbocycles. The van der Waals surface area contributed by atoms with Crippen molar-refractivity contribution in [1.29, 1.82) is 0 Å². The van der Waals surface area contributed by atoms with Gasteiger partial charge in [0, 0.05) is 0 Å². The molecule has 4 nitrogen and oxygen atoms in total. The summed E-state index contributed by atoms with van der Waals surface area (Å²) in [5.74, 6) is 0. The van der Waals surface area contributed by atoms with Gasteiger partial charge in [-0.05, 0) is 39.8 Å². The molecule has 1 aromatic heterocycles. The van der Waals surface area contributed by atoms with Crippen LogP contribution in [0.2, 0.25) is 5.15 Å². The molecule has 0 bridgehead atoms. The van der Waals surface area contributed by atoms with Gasteiger partial charge in [0.25, 0.3) is 0 Å². The van der Waals surface area contributed by atoms with Crippen molar-refractivity contribution in [3.63, 3.8) is 0 Å². The minimum atomic E-state index is -0.562. The van der Waals surface area contributed by atoms with E-state index < -0.39 is 18.3 Å². The minimum Gasteiger partial charge on any atom is -0.398 e. The molecule has 1 fully saturated rings. The molecule has 2 heterocycles. The number of pyridine rings is 1. The van der Waals surface area contributed by atoms with Crippen molar-refractivity contribution < 1.29 is 14.1 Å².